The van der Waals surface area contributed by atoms with Crippen molar-refractivity contribution >= 4 is 11.0 Å². The highest BCUT2D eigenvalue weighted by Gasteiger charge is 2.22. The predicted molar refractivity (Wildman–Crippen MR) is 107 cm³/mol. The highest BCUT2D eigenvalue weighted by Crippen LogP contribution is 2.34. The Bertz CT molecular complexity index is 1180. The Kier molecular flexibility index (Phi) is 4.77. The molecule has 0 aliphatic heterocycles. The van der Waals surface area contributed by atoms with Gasteiger partial charge in [0.05, 0.1) is 35.3 Å². The summed E-state index contributed by atoms with van der Waals surface area (Å²) >= 11 is 0. The van der Waals surface area contributed by atoms with Crippen molar-refractivity contribution in [2.45, 2.75) is 33.7 Å². The number of benzene rings is 1. The summed E-state index contributed by atoms with van der Waals surface area (Å²) in [4.78, 5) is 4.72. The maximum atomic E-state index is 14.0. The molecule has 0 bridgehead atoms. The van der Waals surface area contributed by atoms with E-state index in [9.17, 15) is 8.78 Å². The zero-order valence-electron chi connectivity index (χ0n) is 16.6. The lowest BCUT2D eigenvalue weighted by Gasteiger charge is -2.09. The molecule has 0 aliphatic carbocycles. The van der Waals surface area contributed by atoms with Gasteiger partial charge < -0.3 is 4.74 Å². The third kappa shape index (κ3) is 3.24. The van der Waals surface area contributed by atoms with Gasteiger partial charge in [-0.2, -0.15) is 10.2 Å². The minimum Gasteiger partial charge on any atom is -0.497 e. The van der Waals surface area contributed by atoms with E-state index in [1.165, 1.54) is 6.07 Å². The van der Waals surface area contributed by atoms with Crippen LogP contribution in [0.3, 0.4) is 0 Å². The van der Waals surface area contributed by atoms with E-state index in [1.54, 1.807) is 35.5 Å². The second kappa shape index (κ2) is 7.27. The molecule has 1 aromatic carbocycles. The third-order valence-electron chi connectivity index (χ3n) is 4.94. The fraction of sp³-hybridized carbons (Fsp3) is 0.286. The van der Waals surface area contributed by atoms with Crippen LogP contribution in [-0.4, -0.2) is 31.7 Å². The van der Waals surface area contributed by atoms with Gasteiger partial charge in [0.2, 0.25) is 0 Å². The molecule has 6 nitrogen and oxygen atoms in total. The Morgan fingerprint density at radius 2 is 1.79 bits per heavy atom. The van der Waals surface area contributed by atoms with E-state index in [-0.39, 0.29) is 5.56 Å². The SMILES string of the molecule is CCn1cc(-c2cc(C(F)F)c3c(C)nn(-c4ccc(OC)cc4)c3n2)c(C)n1. The Balaban J connectivity index is 1.98. The van der Waals surface area contributed by atoms with Crippen LogP contribution in [0.2, 0.25) is 0 Å². The second-order valence-electron chi connectivity index (χ2n) is 6.78. The molecule has 0 saturated heterocycles. The average molecular weight is 397 g/mol. The molecule has 4 rings (SSSR count). The van der Waals surface area contributed by atoms with Gasteiger partial charge in [0.1, 0.15) is 5.75 Å². The highest BCUT2D eigenvalue weighted by atomic mass is 19.3. The van der Waals surface area contributed by atoms with Gasteiger partial charge >= 0.3 is 0 Å². The van der Waals surface area contributed by atoms with E-state index in [0.717, 1.165) is 16.9 Å². The number of pyridine rings is 1. The fourth-order valence-corrected chi connectivity index (χ4v) is 3.47. The number of fused-ring (bicyclic) bond motifs is 1. The number of ether oxygens (including phenoxy) is 1. The van der Waals surface area contributed by atoms with Gasteiger partial charge in [0.15, 0.2) is 5.65 Å². The number of aryl methyl sites for hydroxylation is 3. The van der Waals surface area contributed by atoms with Gasteiger partial charge in [-0.25, -0.2) is 18.4 Å². The first-order chi connectivity index (χ1) is 13.9. The average Bonchev–Trinajstić information content (AvgIpc) is 3.27. The minimum atomic E-state index is -2.65. The van der Waals surface area contributed by atoms with Crippen molar-refractivity contribution in [2.24, 2.45) is 0 Å². The largest absolute Gasteiger partial charge is 0.497 e. The van der Waals surface area contributed by atoms with E-state index in [4.69, 9.17) is 9.72 Å². The Labute approximate surface area is 166 Å². The van der Waals surface area contributed by atoms with Gasteiger partial charge in [0.25, 0.3) is 6.43 Å². The molecule has 3 heterocycles. The molecule has 8 heteroatoms. The lowest BCUT2D eigenvalue weighted by molar-refractivity contribution is 0.153. The number of methoxy groups -OCH3 is 1. The van der Waals surface area contributed by atoms with Gasteiger partial charge in [-0.1, -0.05) is 0 Å². The van der Waals surface area contributed by atoms with E-state index in [0.29, 0.717) is 34.7 Å². The second-order valence-corrected chi connectivity index (χ2v) is 6.78. The molecule has 0 saturated carbocycles. The zero-order valence-corrected chi connectivity index (χ0v) is 16.6. The normalized spacial score (nSPS) is 11.6. The summed E-state index contributed by atoms with van der Waals surface area (Å²) in [5.74, 6) is 0.700. The zero-order chi connectivity index (χ0) is 20.7. The van der Waals surface area contributed by atoms with Crippen LogP contribution in [0.4, 0.5) is 8.78 Å². The van der Waals surface area contributed by atoms with E-state index in [1.807, 2.05) is 32.2 Å². The third-order valence-corrected chi connectivity index (χ3v) is 4.94. The maximum absolute atomic E-state index is 14.0. The molecule has 0 amide bonds. The first-order valence-electron chi connectivity index (χ1n) is 9.30. The van der Waals surface area contributed by atoms with Crippen molar-refractivity contribution in [3.8, 4) is 22.7 Å². The van der Waals surface area contributed by atoms with Crippen molar-refractivity contribution in [1.29, 1.82) is 0 Å². The van der Waals surface area contributed by atoms with Crippen LogP contribution >= 0.6 is 0 Å². The number of nitrogens with zero attached hydrogens (tertiary/aromatic N) is 5. The molecule has 0 N–H and O–H groups in total. The first-order valence-corrected chi connectivity index (χ1v) is 9.30. The summed E-state index contributed by atoms with van der Waals surface area (Å²) in [5, 5.41) is 9.29. The van der Waals surface area contributed by atoms with Crippen LogP contribution < -0.4 is 4.74 Å². The van der Waals surface area contributed by atoms with Gasteiger partial charge in [-0.15, -0.1) is 0 Å². The number of rotatable bonds is 5. The smallest absolute Gasteiger partial charge is 0.264 e. The van der Waals surface area contributed by atoms with Crippen LogP contribution in [0, 0.1) is 13.8 Å². The topological polar surface area (TPSA) is 57.8 Å². The summed E-state index contributed by atoms with van der Waals surface area (Å²) in [6.45, 7) is 6.23. The van der Waals surface area contributed by atoms with Crippen molar-refractivity contribution in [2.75, 3.05) is 7.11 Å². The lowest BCUT2D eigenvalue weighted by atomic mass is 10.1. The van der Waals surface area contributed by atoms with Crippen LogP contribution in [0.25, 0.3) is 28.0 Å². The van der Waals surface area contributed by atoms with Gasteiger partial charge in [0, 0.05) is 23.9 Å². The summed E-state index contributed by atoms with van der Waals surface area (Å²) in [7, 11) is 1.59. The number of hydrogen-bond acceptors (Lipinski definition) is 4. The number of hydrogen-bond donors (Lipinski definition) is 0. The lowest BCUT2D eigenvalue weighted by Crippen LogP contribution is -2.00. The fourth-order valence-electron chi connectivity index (χ4n) is 3.47. The molecule has 0 spiro atoms. The number of halogens is 2. The summed E-state index contributed by atoms with van der Waals surface area (Å²) in [5.41, 5.74) is 3.47. The molecule has 4 aromatic rings. The van der Waals surface area contributed by atoms with Crippen LogP contribution in [-0.2, 0) is 6.54 Å². The summed E-state index contributed by atoms with van der Waals surface area (Å²) in [6.07, 6.45) is -0.812. The minimum absolute atomic E-state index is 0.0779. The predicted octanol–water partition coefficient (Wildman–Crippen LogP) is 4.87. The van der Waals surface area contributed by atoms with Crippen LogP contribution in [0.5, 0.6) is 5.75 Å². The highest BCUT2D eigenvalue weighted by molar-refractivity contribution is 5.86. The van der Waals surface area contributed by atoms with Crippen molar-refractivity contribution in [1.82, 2.24) is 24.5 Å². The Morgan fingerprint density at radius 3 is 2.38 bits per heavy atom. The summed E-state index contributed by atoms with van der Waals surface area (Å²) < 4.78 is 36.5. The first kappa shape index (κ1) is 19.0. The van der Waals surface area contributed by atoms with E-state index in [2.05, 4.69) is 10.2 Å². The molecule has 0 radical (unpaired) electrons. The molecule has 150 valence electrons. The van der Waals surface area contributed by atoms with Gasteiger partial charge in [-0.05, 0) is 51.1 Å². The van der Waals surface area contributed by atoms with Crippen molar-refractivity contribution < 1.29 is 13.5 Å². The van der Waals surface area contributed by atoms with Crippen molar-refractivity contribution in [3.05, 3.63) is 53.5 Å². The molecule has 29 heavy (non-hydrogen) atoms. The molecular weight excluding hydrogens is 376 g/mol. The number of aromatic nitrogens is 5. The molecule has 0 atom stereocenters. The quantitative estimate of drug-likeness (QED) is 0.482. The molecular formula is C21H21F2N5O. The maximum Gasteiger partial charge on any atom is 0.264 e. The molecule has 3 aromatic heterocycles. The van der Waals surface area contributed by atoms with Crippen molar-refractivity contribution in [3.63, 3.8) is 0 Å². The van der Waals surface area contributed by atoms with Crippen LogP contribution in [0.1, 0.15) is 30.3 Å². The van der Waals surface area contributed by atoms with E-state index < -0.39 is 6.43 Å². The molecule has 0 unspecified atom stereocenters. The molecule has 0 fully saturated rings. The molecule has 0 aliphatic rings. The summed E-state index contributed by atoms with van der Waals surface area (Å²) in [6, 6.07) is 8.68. The Hall–Kier alpha value is -3.29. The van der Waals surface area contributed by atoms with Crippen LogP contribution in [0.15, 0.2) is 36.5 Å². The monoisotopic (exact) mass is 397 g/mol. The Morgan fingerprint density at radius 1 is 1.07 bits per heavy atom. The van der Waals surface area contributed by atoms with Gasteiger partial charge in [-0.3, -0.25) is 4.68 Å². The standard InChI is InChI=1S/C21H21F2N5O/c1-5-27-11-17(12(2)25-27)18-10-16(20(22)23)19-13(3)26-28(21(19)24-18)14-6-8-15(29-4)9-7-14/h6-11,20H,5H2,1-4H3. The van der Waals surface area contributed by atoms with E-state index >= 15 is 0 Å². The number of alkyl halides is 2.